The molecule has 2 rings (SSSR count). The van der Waals surface area contributed by atoms with E-state index in [0.717, 1.165) is 19.4 Å². The van der Waals surface area contributed by atoms with Crippen molar-refractivity contribution in [3.05, 3.63) is 0 Å². The predicted molar refractivity (Wildman–Crippen MR) is 68.4 cm³/mol. The lowest BCUT2D eigenvalue weighted by molar-refractivity contribution is -0.00429. The van der Waals surface area contributed by atoms with Gasteiger partial charge >= 0.3 is 6.09 Å². The molecule has 2 saturated heterocycles. The van der Waals surface area contributed by atoms with Crippen LogP contribution in [-0.4, -0.2) is 54.0 Å². The summed E-state index contributed by atoms with van der Waals surface area (Å²) in [7, 11) is 0. The lowest BCUT2D eigenvalue weighted by Crippen LogP contribution is -2.55. The van der Waals surface area contributed by atoms with Gasteiger partial charge in [0.15, 0.2) is 0 Å². The van der Waals surface area contributed by atoms with Crippen molar-refractivity contribution in [2.24, 2.45) is 5.41 Å². The summed E-state index contributed by atoms with van der Waals surface area (Å²) in [6.45, 7) is 8.06. The number of likely N-dealkylation sites (tertiary alicyclic amines) is 1. The number of carbonyl (C=O) groups is 1. The molecule has 0 radical (unpaired) electrons. The topological polar surface area (TPSA) is 61.8 Å². The Morgan fingerprint density at radius 2 is 2.22 bits per heavy atom. The van der Waals surface area contributed by atoms with E-state index in [4.69, 9.17) is 4.74 Å². The first-order valence-corrected chi connectivity index (χ1v) is 6.68. The van der Waals surface area contributed by atoms with Crippen molar-refractivity contribution in [2.45, 2.75) is 45.3 Å². The second kappa shape index (κ2) is 4.70. The highest BCUT2D eigenvalue weighted by atomic mass is 16.6. The van der Waals surface area contributed by atoms with Gasteiger partial charge < -0.3 is 20.1 Å². The normalized spacial score (nSPS) is 32.2. The van der Waals surface area contributed by atoms with Gasteiger partial charge in [0.2, 0.25) is 0 Å². The van der Waals surface area contributed by atoms with E-state index in [1.165, 1.54) is 0 Å². The minimum Gasteiger partial charge on any atom is -0.444 e. The van der Waals surface area contributed by atoms with Crippen molar-refractivity contribution in [1.29, 1.82) is 0 Å². The van der Waals surface area contributed by atoms with E-state index < -0.39 is 5.60 Å². The third kappa shape index (κ3) is 2.62. The summed E-state index contributed by atoms with van der Waals surface area (Å²) >= 11 is 0. The highest BCUT2D eigenvalue weighted by Gasteiger charge is 2.47. The summed E-state index contributed by atoms with van der Waals surface area (Å²) in [5.41, 5.74) is -0.482. The van der Waals surface area contributed by atoms with Gasteiger partial charge in [-0.15, -0.1) is 0 Å². The van der Waals surface area contributed by atoms with E-state index in [1.807, 2.05) is 20.8 Å². The fraction of sp³-hybridized carbons (Fsp3) is 0.923. The summed E-state index contributed by atoms with van der Waals surface area (Å²) in [6.07, 6.45) is 1.60. The van der Waals surface area contributed by atoms with Crippen molar-refractivity contribution in [3.8, 4) is 0 Å². The molecule has 0 aliphatic carbocycles. The Hall–Kier alpha value is -0.810. The van der Waals surface area contributed by atoms with Crippen molar-refractivity contribution >= 4 is 6.09 Å². The lowest BCUT2D eigenvalue weighted by atomic mass is 9.75. The molecule has 104 valence electrons. The Bertz CT molecular complexity index is 327. The average molecular weight is 256 g/mol. The van der Waals surface area contributed by atoms with Crippen molar-refractivity contribution in [2.75, 3.05) is 26.2 Å². The smallest absolute Gasteiger partial charge is 0.410 e. The fourth-order valence-electron chi connectivity index (χ4n) is 2.87. The van der Waals surface area contributed by atoms with E-state index >= 15 is 0 Å². The van der Waals surface area contributed by atoms with E-state index in [1.54, 1.807) is 4.90 Å². The van der Waals surface area contributed by atoms with Gasteiger partial charge in [-0.25, -0.2) is 4.79 Å². The van der Waals surface area contributed by atoms with Crippen LogP contribution in [0.15, 0.2) is 0 Å². The van der Waals surface area contributed by atoms with Gasteiger partial charge in [-0.3, -0.25) is 0 Å². The molecular formula is C13H24N2O3. The fourth-order valence-corrected chi connectivity index (χ4v) is 2.87. The zero-order valence-electron chi connectivity index (χ0n) is 11.5. The summed E-state index contributed by atoms with van der Waals surface area (Å²) in [4.78, 5) is 13.8. The molecule has 0 aromatic rings. The first kappa shape index (κ1) is 13.6. The minimum atomic E-state index is -0.453. The molecule has 5 heteroatoms. The van der Waals surface area contributed by atoms with Crippen LogP contribution in [0.4, 0.5) is 4.79 Å². The molecule has 0 bridgehead atoms. The molecule has 2 unspecified atom stereocenters. The highest BCUT2D eigenvalue weighted by Crippen LogP contribution is 2.38. The molecule has 2 aliphatic rings. The number of amides is 1. The second-order valence-corrected chi connectivity index (χ2v) is 6.45. The summed E-state index contributed by atoms with van der Waals surface area (Å²) in [6, 6.07) is 0.198. The van der Waals surface area contributed by atoms with Crippen LogP contribution >= 0.6 is 0 Å². The number of nitrogens with zero attached hydrogens (tertiary/aromatic N) is 1. The molecule has 0 aromatic carbocycles. The first-order chi connectivity index (χ1) is 8.36. The minimum absolute atomic E-state index is 0.0293. The Balaban J connectivity index is 1.97. The Morgan fingerprint density at radius 1 is 1.50 bits per heavy atom. The lowest BCUT2D eigenvalue weighted by Gasteiger charge is -2.42. The number of hydrogen-bond acceptors (Lipinski definition) is 4. The van der Waals surface area contributed by atoms with Gasteiger partial charge in [-0.05, 0) is 40.2 Å². The number of piperidine rings is 1. The Morgan fingerprint density at radius 3 is 2.83 bits per heavy atom. The summed E-state index contributed by atoms with van der Waals surface area (Å²) in [5.74, 6) is 0. The number of rotatable bonds is 1. The zero-order valence-corrected chi connectivity index (χ0v) is 11.5. The predicted octanol–water partition coefficient (Wildman–Crippen LogP) is 0.968. The Labute approximate surface area is 108 Å². The molecule has 18 heavy (non-hydrogen) atoms. The number of aliphatic hydroxyl groups is 1. The van der Waals surface area contributed by atoms with Crippen molar-refractivity contribution in [3.63, 3.8) is 0 Å². The van der Waals surface area contributed by atoms with Crippen LogP contribution in [0.25, 0.3) is 0 Å². The number of nitrogens with one attached hydrogen (secondary N) is 1. The average Bonchev–Trinajstić information content (AvgIpc) is 2.69. The third-order valence-electron chi connectivity index (χ3n) is 4.00. The van der Waals surface area contributed by atoms with E-state index in [0.29, 0.717) is 13.1 Å². The number of carbonyl (C=O) groups excluding carboxylic acids is 1. The molecule has 2 atom stereocenters. The number of fused-ring (bicyclic) bond motifs is 1. The maximum Gasteiger partial charge on any atom is 0.410 e. The van der Waals surface area contributed by atoms with Crippen LogP contribution < -0.4 is 5.32 Å². The summed E-state index contributed by atoms with van der Waals surface area (Å²) in [5, 5.41) is 13.0. The van der Waals surface area contributed by atoms with Gasteiger partial charge in [0.1, 0.15) is 5.60 Å². The first-order valence-electron chi connectivity index (χ1n) is 6.68. The number of aliphatic hydroxyl groups excluding tert-OH is 1. The quantitative estimate of drug-likeness (QED) is 0.734. The summed E-state index contributed by atoms with van der Waals surface area (Å²) < 4.78 is 5.39. The molecule has 2 fully saturated rings. The van der Waals surface area contributed by atoms with Gasteiger partial charge in [0.25, 0.3) is 0 Å². The molecule has 0 aromatic heterocycles. The van der Waals surface area contributed by atoms with Crippen LogP contribution in [0.1, 0.15) is 33.6 Å². The largest absolute Gasteiger partial charge is 0.444 e. The standard InChI is InChI=1S/C13H24N2O3/c1-12(2,3)18-11(17)15-7-5-13(9-16)4-6-14-10(13)8-15/h10,14,16H,4-9H2,1-3H3. The number of ether oxygens (including phenoxy) is 1. The molecule has 5 nitrogen and oxygen atoms in total. The molecule has 2 N–H and O–H groups in total. The van der Waals surface area contributed by atoms with Crippen LogP contribution in [0.2, 0.25) is 0 Å². The monoisotopic (exact) mass is 256 g/mol. The van der Waals surface area contributed by atoms with E-state index in [2.05, 4.69) is 5.32 Å². The number of hydrogen-bond donors (Lipinski definition) is 2. The van der Waals surface area contributed by atoms with Crippen LogP contribution in [0, 0.1) is 5.41 Å². The van der Waals surface area contributed by atoms with Crippen LogP contribution in [-0.2, 0) is 4.74 Å². The second-order valence-electron chi connectivity index (χ2n) is 6.45. The SMILES string of the molecule is CC(C)(C)OC(=O)N1CCC2(CO)CCNC2C1. The highest BCUT2D eigenvalue weighted by molar-refractivity contribution is 5.68. The molecule has 1 amide bonds. The molecule has 2 heterocycles. The van der Waals surface area contributed by atoms with Gasteiger partial charge in [-0.2, -0.15) is 0 Å². The van der Waals surface area contributed by atoms with E-state index in [-0.39, 0.29) is 24.2 Å². The van der Waals surface area contributed by atoms with Crippen LogP contribution in [0.3, 0.4) is 0 Å². The van der Waals surface area contributed by atoms with Gasteiger partial charge in [0.05, 0.1) is 6.61 Å². The van der Waals surface area contributed by atoms with E-state index in [9.17, 15) is 9.90 Å². The van der Waals surface area contributed by atoms with Crippen molar-refractivity contribution in [1.82, 2.24) is 10.2 Å². The van der Waals surface area contributed by atoms with Gasteiger partial charge in [0, 0.05) is 24.5 Å². The maximum absolute atomic E-state index is 12.0. The third-order valence-corrected chi connectivity index (χ3v) is 4.00. The molecular weight excluding hydrogens is 232 g/mol. The molecule has 2 aliphatic heterocycles. The molecule has 0 spiro atoms. The van der Waals surface area contributed by atoms with Crippen molar-refractivity contribution < 1.29 is 14.6 Å². The zero-order chi connectivity index (χ0) is 13.4. The van der Waals surface area contributed by atoms with Gasteiger partial charge in [-0.1, -0.05) is 0 Å². The Kier molecular flexibility index (Phi) is 3.56. The van der Waals surface area contributed by atoms with Crippen LogP contribution in [0.5, 0.6) is 0 Å². The maximum atomic E-state index is 12.0. The molecule has 0 saturated carbocycles.